The Bertz CT molecular complexity index is 1140. The summed E-state index contributed by atoms with van der Waals surface area (Å²) in [6.07, 6.45) is 3.81. The van der Waals surface area contributed by atoms with Crippen molar-refractivity contribution in [3.8, 4) is 0 Å². The number of carboxylic acid groups (broad SMARTS) is 1. The smallest absolute Gasteiger partial charge is 0.341 e. The van der Waals surface area contributed by atoms with Gasteiger partial charge >= 0.3 is 5.97 Å². The van der Waals surface area contributed by atoms with E-state index < -0.39 is 27.3 Å². The molecule has 158 valence electrons. The molecule has 1 aliphatic carbocycles. The Labute approximate surface area is 165 Å². The summed E-state index contributed by atoms with van der Waals surface area (Å²) in [5.74, 6) is -1.79. The van der Waals surface area contributed by atoms with E-state index in [1.165, 1.54) is 6.20 Å². The molecule has 1 saturated carbocycles. The largest absolute Gasteiger partial charge is 0.477 e. The zero-order chi connectivity index (χ0) is 21.7. The van der Waals surface area contributed by atoms with E-state index in [0.717, 1.165) is 18.9 Å². The van der Waals surface area contributed by atoms with Gasteiger partial charge in [-0.2, -0.15) is 8.42 Å². The highest BCUT2D eigenvalue weighted by atomic mass is 32.2. The van der Waals surface area contributed by atoms with Crippen LogP contribution in [0.25, 0.3) is 11.0 Å². The summed E-state index contributed by atoms with van der Waals surface area (Å²) in [5, 5.41) is 9.23. The Balaban J connectivity index is 0.000000431. The van der Waals surface area contributed by atoms with Gasteiger partial charge in [0.05, 0.1) is 11.6 Å². The molecule has 2 aromatic heterocycles. The van der Waals surface area contributed by atoms with Crippen molar-refractivity contribution >= 4 is 32.9 Å². The molecule has 0 bridgehead atoms. The molecule has 1 aliphatic heterocycles. The van der Waals surface area contributed by atoms with Crippen LogP contribution in [0.1, 0.15) is 36.2 Å². The predicted octanol–water partition coefficient (Wildman–Crippen LogP) is 0.608. The maximum Gasteiger partial charge on any atom is 0.341 e. The van der Waals surface area contributed by atoms with Crippen LogP contribution < -0.4 is 16.1 Å². The quantitative estimate of drug-likeness (QED) is 0.596. The summed E-state index contributed by atoms with van der Waals surface area (Å²) in [4.78, 5) is 29.8. The van der Waals surface area contributed by atoms with Gasteiger partial charge in [0, 0.05) is 30.9 Å². The second-order valence-electron chi connectivity index (χ2n) is 7.27. The molecule has 3 heterocycles. The summed E-state index contributed by atoms with van der Waals surface area (Å²) in [6.45, 7) is 2.39. The fourth-order valence-electron chi connectivity index (χ4n) is 3.14. The molecule has 12 heteroatoms. The lowest BCUT2D eigenvalue weighted by atomic mass is 9.99. The second kappa shape index (κ2) is 7.35. The Morgan fingerprint density at radius 1 is 1.38 bits per heavy atom. The molecule has 0 unspecified atom stereocenters. The molecule has 1 saturated heterocycles. The van der Waals surface area contributed by atoms with Gasteiger partial charge < -0.3 is 20.3 Å². The van der Waals surface area contributed by atoms with Crippen LogP contribution in [0.2, 0.25) is 0 Å². The number of aromatic nitrogens is 2. The lowest BCUT2D eigenvalue weighted by Crippen LogP contribution is -2.63. The van der Waals surface area contributed by atoms with Crippen LogP contribution in [-0.2, 0) is 10.1 Å². The lowest BCUT2D eigenvalue weighted by Gasteiger charge is -2.45. The van der Waals surface area contributed by atoms with Crippen LogP contribution in [0.15, 0.2) is 17.1 Å². The highest BCUT2D eigenvalue weighted by molar-refractivity contribution is 7.85. The zero-order valence-corrected chi connectivity index (χ0v) is 16.6. The number of pyridine rings is 2. The summed E-state index contributed by atoms with van der Waals surface area (Å²) >= 11 is 0. The Morgan fingerprint density at radius 3 is 2.41 bits per heavy atom. The molecule has 2 atom stereocenters. The first kappa shape index (κ1) is 21.1. The average molecular weight is 428 g/mol. The van der Waals surface area contributed by atoms with E-state index in [-0.39, 0.29) is 34.9 Å². The minimum Gasteiger partial charge on any atom is -0.477 e. The van der Waals surface area contributed by atoms with Crippen LogP contribution in [0.3, 0.4) is 0 Å². The molecule has 10 nitrogen and oxygen atoms in total. The Morgan fingerprint density at radius 2 is 1.97 bits per heavy atom. The summed E-state index contributed by atoms with van der Waals surface area (Å²) in [7, 11) is -3.67. The molecular weight excluding hydrogens is 407 g/mol. The molecule has 0 spiro atoms. The fourth-order valence-corrected chi connectivity index (χ4v) is 3.14. The topological polar surface area (TPSA) is 156 Å². The molecule has 2 aromatic rings. The minimum atomic E-state index is -3.67. The molecule has 0 amide bonds. The van der Waals surface area contributed by atoms with Crippen LogP contribution in [0.4, 0.5) is 10.2 Å². The fraction of sp³-hybridized carbons (Fsp3) is 0.471. The molecule has 0 aromatic carbocycles. The number of carboxylic acids is 1. The van der Waals surface area contributed by atoms with Gasteiger partial charge in [-0.05, 0) is 25.8 Å². The van der Waals surface area contributed by atoms with Gasteiger partial charge in [0.15, 0.2) is 11.6 Å². The van der Waals surface area contributed by atoms with Gasteiger partial charge in [0.25, 0.3) is 10.1 Å². The molecule has 29 heavy (non-hydrogen) atoms. The third-order valence-corrected chi connectivity index (χ3v) is 4.90. The molecule has 0 radical (unpaired) electrons. The Kier molecular flexibility index (Phi) is 5.36. The van der Waals surface area contributed by atoms with Gasteiger partial charge in [-0.3, -0.25) is 9.35 Å². The van der Waals surface area contributed by atoms with Gasteiger partial charge in [-0.1, -0.05) is 0 Å². The van der Waals surface area contributed by atoms with Crippen molar-refractivity contribution in [2.45, 2.75) is 37.9 Å². The van der Waals surface area contributed by atoms with Gasteiger partial charge in [-0.15, -0.1) is 0 Å². The number of hydrogen-bond donors (Lipinski definition) is 3. The maximum atomic E-state index is 14.5. The van der Waals surface area contributed by atoms with Crippen molar-refractivity contribution in [1.29, 1.82) is 0 Å². The monoisotopic (exact) mass is 428 g/mol. The Hall–Kier alpha value is -2.57. The van der Waals surface area contributed by atoms with E-state index >= 15 is 0 Å². The van der Waals surface area contributed by atoms with Crippen LogP contribution in [-0.4, -0.2) is 58.5 Å². The van der Waals surface area contributed by atoms with E-state index in [2.05, 4.69) is 4.98 Å². The number of aromatic carboxylic acids is 1. The number of hydrogen-bond acceptors (Lipinski definition) is 7. The van der Waals surface area contributed by atoms with Gasteiger partial charge in [0.2, 0.25) is 5.43 Å². The maximum absolute atomic E-state index is 14.5. The lowest BCUT2D eigenvalue weighted by molar-refractivity contribution is 0.0694. The van der Waals surface area contributed by atoms with Crippen molar-refractivity contribution in [2.24, 2.45) is 5.73 Å². The molecule has 2 fully saturated rings. The number of fused-ring (bicyclic) bond motifs is 1. The average Bonchev–Trinajstić information content (AvgIpc) is 3.43. The third-order valence-electron chi connectivity index (χ3n) is 4.90. The van der Waals surface area contributed by atoms with Crippen molar-refractivity contribution in [2.75, 3.05) is 17.7 Å². The van der Waals surface area contributed by atoms with Crippen molar-refractivity contribution in [3.05, 3.63) is 33.9 Å². The number of nitrogens with two attached hydrogens (primary N) is 1. The second-order valence-corrected chi connectivity index (χ2v) is 8.74. The van der Waals surface area contributed by atoms with E-state index in [1.54, 1.807) is 9.47 Å². The molecule has 4 N–H and O–H groups in total. The molecule has 4 rings (SSSR count). The first-order valence-electron chi connectivity index (χ1n) is 8.82. The van der Waals surface area contributed by atoms with Crippen LogP contribution >= 0.6 is 0 Å². The third kappa shape index (κ3) is 4.38. The first-order valence-corrected chi connectivity index (χ1v) is 10.7. The van der Waals surface area contributed by atoms with Crippen LogP contribution in [0, 0.1) is 5.82 Å². The number of halogens is 1. The minimum absolute atomic E-state index is 0.000486. The molecular formula is C17H21FN4O6S. The SMILES string of the molecule is CS(=O)(=O)O.C[C@H]1[C@H](N)CN1c1nc2c(cc1F)c(=O)c(C(=O)O)cn2C1CC1. The summed E-state index contributed by atoms with van der Waals surface area (Å²) < 4.78 is 42.1. The number of carbonyl (C=O) groups is 1. The number of nitrogens with zero attached hydrogens (tertiary/aromatic N) is 3. The van der Waals surface area contributed by atoms with Gasteiger partial charge in [0.1, 0.15) is 11.2 Å². The van der Waals surface area contributed by atoms with Crippen LogP contribution in [0.5, 0.6) is 0 Å². The molecule has 2 aliphatic rings. The van der Waals surface area contributed by atoms with E-state index in [0.29, 0.717) is 18.4 Å². The zero-order valence-electron chi connectivity index (χ0n) is 15.7. The summed E-state index contributed by atoms with van der Waals surface area (Å²) in [6, 6.07) is 1.13. The highest BCUT2D eigenvalue weighted by Crippen LogP contribution is 2.37. The van der Waals surface area contributed by atoms with E-state index in [9.17, 15) is 27.5 Å². The normalized spacial score (nSPS) is 21.3. The summed E-state index contributed by atoms with van der Waals surface area (Å²) in [5.41, 5.74) is 5.13. The van der Waals surface area contributed by atoms with Crippen molar-refractivity contribution in [1.82, 2.24) is 9.55 Å². The van der Waals surface area contributed by atoms with E-state index in [1.807, 2.05) is 6.92 Å². The van der Waals surface area contributed by atoms with E-state index in [4.69, 9.17) is 10.3 Å². The van der Waals surface area contributed by atoms with Crippen molar-refractivity contribution < 1.29 is 27.3 Å². The highest BCUT2D eigenvalue weighted by Gasteiger charge is 2.36. The van der Waals surface area contributed by atoms with Crippen molar-refractivity contribution in [3.63, 3.8) is 0 Å². The first-order chi connectivity index (χ1) is 13.4. The number of anilines is 1. The standard InChI is InChI=1S/C16H17FN4O3.CH4O3S/c1-7-12(18)6-20(7)15-11(17)4-9-13(22)10(16(23)24)5-21(8-2-3-8)14(9)19-15;1-5(2,3)4/h4-5,7-8,12H,2-3,6,18H2,1H3,(H,23,24);1H3,(H,2,3,4)/t7-,12+;/m0./s1. The van der Waals surface area contributed by atoms with Gasteiger partial charge in [-0.25, -0.2) is 14.2 Å². The predicted molar refractivity (Wildman–Crippen MR) is 103 cm³/mol. The number of rotatable bonds is 3.